The molecule has 7 nitrogen and oxygen atoms in total. The molecule has 3 saturated heterocycles. The molecule has 40 heavy (non-hydrogen) atoms. The SMILES string of the molecule is C=CCCOC(=O)[C@@H]1[C@@H]2CC(C)C3(S2)C(C(=O)N(CC=C)C(C)(C)CC(C)(C)C)N([C@@H](CO)CC(C)C)C(=O)[C@H]13. The molecule has 1 spiro atoms. The molecular weight excluding hydrogens is 524 g/mol. The van der Waals surface area contributed by atoms with Crippen molar-refractivity contribution in [2.24, 2.45) is 29.1 Å². The van der Waals surface area contributed by atoms with Crippen LogP contribution in [0, 0.1) is 29.1 Å². The Balaban J connectivity index is 2.15. The van der Waals surface area contributed by atoms with Crippen LogP contribution in [0.25, 0.3) is 0 Å². The van der Waals surface area contributed by atoms with Gasteiger partial charge >= 0.3 is 5.97 Å². The van der Waals surface area contributed by atoms with Crippen LogP contribution in [0.3, 0.4) is 0 Å². The van der Waals surface area contributed by atoms with Gasteiger partial charge < -0.3 is 19.6 Å². The molecule has 3 aliphatic rings. The highest BCUT2D eigenvalue weighted by Crippen LogP contribution is 2.69. The molecule has 2 bridgehead atoms. The number of hydrogen-bond donors (Lipinski definition) is 1. The molecule has 0 aromatic heterocycles. The first-order valence-corrected chi connectivity index (χ1v) is 15.8. The van der Waals surface area contributed by atoms with Gasteiger partial charge in [0.15, 0.2) is 0 Å². The van der Waals surface area contributed by atoms with Gasteiger partial charge in [0.2, 0.25) is 11.8 Å². The number of hydrogen-bond acceptors (Lipinski definition) is 6. The molecule has 1 N–H and O–H groups in total. The van der Waals surface area contributed by atoms with Gasteiger partial charge in [-0.2, -0.15) is 0 Å². The number of amides is 2. The summed E-state index contributed by atoms with van der Waals surface area (Å²) in [6.07, 6.45) is 6.07. The molecule has 0 aromatic carbocycles. The number of aliphatic hydroxyl groups excluding tert-OH is 1. The monoisotopic (exact) mass is 576 g/mol. The zero-order valence-corrected chi connectivity index (χ0v) is 26.8. The summed E-state index contributed by atoms with van der Waals surface area (Å²) in [5, 5.41) is 10.5. The van der Waals surface area contributed by atoms with Crippen LogP contribution < -0.4 is 0 Å². The van der Waals surface area contributed by atoms with E-state index in [4.69, 9.17) is 4.74 Å². The van der Waals surface area contributed by atoms with Crippen molar-refractivity contribution < 1.29 is 24.2 Å². The first-order valence-electron chi connectivity index (χ1n) is 14.9. The maximum absolute atomic E-state index is 15.0. The second-order valence-corrected chi connectivity index (χ2v) is 15.8. The Morgan fingerprint density at radius 2 is 1.88 bits per heavy atom. The highest BCUT2D eigenvalue weighted by Gasteiger charge is 2.77. The van der Waals surface area contributed by atoms with E-state index >= 15 is 0 Å². The van der Waals surface area contributed by atoms with Gasteiger partial charge in [-0.3, -0.25) is 14.4 Å². The fraction of sp³-hybridized carbons (Fsp3) is 0.781. The van der Waals surface area contributed by atoms with Crippen molar-refractivity contribution in [1.29, 1.82) is 0 Å². The van der Waals surface area contributed by atoms with Crippen LogP contribution in [-0.2, 0) is 19.1 Å². The van der Waals surface area contributed by atoms with Gasteiger partial charge in [0.1, 0.15) is 6.04 Å². The predicted molar refractivity (Wildman–Crippen MR) is 162 cm³/mol. The van der Waals surface area contributed by atoms with Crippen molar-refractivity contribution in [3.8, 4) is 0 Å². The van der Waals surface area contributed by atoms with Crippen molar-refractivity contribution in [3.63, 3.8) is 0 Å². The summed E-state index contributed by atoms with van der Waals surface area (Å²) in [6, 6.07) is -1.29. The van der Waals surface area contributed by atoms with Gasteiger partial charge in [0.25, 0.3) is 0 Å². The zero-order chi connectivity index (χ0) is 30.2. The molecule has 0 radical (unpaired) electrons. The van der Waals surface area contributed by atoms with Crippen molar-refractivity contribution in [1.82, 2.24) is 9.80 Å². The minimum atomic E-state index is -0.781. The molecule has 3 rings (SSSR count). The lowest BCUT2D eigenvalue weighted by Crippen LogP contribution is -2.62. The summed E-state index contributed by atoms with van der Waals surface area (Å²) in [5.41, 5.74) is -0.540. The van der Waals surface area contributed by atoms with E-state index in [-0.39, 0.29) is 53.5 Å². The molecular formula is C32H52N2O5S. The average Bonchev–Trinajstić information content (AvgIpc) is 3.42. The molecule has 226 valence electrons. The molecule has 8 heteroatoms. The average molecular weight is 577 g/mol. The molecule has 3 unspecified atom stereocenters. The van der Waals surface area contributed by atoms with Crippen LogP contribution in [0.5, 0.6) is 0 Å². The highest BCUT2D eigenvalue weighted by atomic mass is 32.2. The number of carbonyl (C=O) groups is 3. The maximum Gasteiger partial charge on any atom is 0.310 e. The number of esters is 1. The Morgan fingerprint density at radius 1 is 1.23 bits per heavy atom. The first kappa shape index (κ1) is 32.7. The smallest absolute Gasteiger partial charge is 0.310 e. The second-order valence-electron chi connectivity index (χ2n) is 14.3. The first-order chi connectivity index (χ1) is 18.6. The highest BCUT2D eigenvalue weighted by molar-refractivity contribution is 8.02. The lowest BCUT2D eigenvalue weighted by Gasteiger charge is -2.47. The number of thioether (sulfide) groups is 1. The van der Waals surface area contributed by atoms with Crippen molar-refractivity contribution in [2.45, 2.75) is 109 Å². The fourth-order valence-electron chi connectivity index (χ4n) is 7.87. The molecule has 0 aliphatic carbocycles. The number of aliphatic hydroxyl groups is 1. The van der Waals surface area contributed by atoms with Gasteiger partial charge in [-0.05, 0) is 56.8 Å². The molecule has 3 heterocycles. The number of nitrogens with zero attached hydrogens (tertiary/aromatic N) is 2. The molecule has 0 saturated carbocycles. The van der Waals surface area contributed by atoms with E-state index in [0.717, 1.165) is 12.8 Å². The lowest BCUT2D eigenvalue weighted by atomic mass is 9.66. The Hall–Kier alpha value is -1.80. The lowest BCUT2D eigenvalue weighted by molar-refractivity contribution is -0.155. The molecule has 7 atom stereocenters. The normalized spacial score (nSPS) is 30.4. The summed E-state index contributed by atoms with van der Waals surface area (Å²) in [4.78, 5) is 46.5. The third-order valence-corrected chi connectivity index (χ3v) is 11.0. The van der Waals surface area contributed by atoms with Crippen LogP contribution >= 0.6 is 11.8 Å². The second kappa shape index (κ2) is 12.2. The van der Waals surface area contributed by atoms with E-state index in [9.17, 15) is 19.5 Å². The standard InChI is InChI=1S/C32H52N2O5S/c1-11-13-15-39-29(38)24-23-17-21(5)32(40-23)25(24)27(36)34(22(18-35)16-20(3)4)26(32)28(37)33(14-12-2)31(9,10)19-30(6,7)8/h11-12,20-26,35H,1-2,13-19H2,3-10H3/t21?,22-,23+,24-,25+,26?,32?/m1/s1. The van der Waals surface area contributed by atoms with E-state index in [2.05, 4.69) is 68.5 Å². The van der Waals surface area contributed by atoms with Gasteiger partial charge in [0.05, 0.1) is 35.8 Å². The van der Waals surface area contributed by atoms with E-state index in [1.165, 1.54) is 0 Å². The minimum absolute atomic E-state index is 0.0331. The van der Waals surface area contributed by atoms with E-state index in [1.54, 1.807) is 28.8 Å². The van der Waals surface area contributed by atoms with E-state index in [0.29, 0.717) is 19.4 Å². The van der Waals surface area contributed by atoms with E-state index in [1.807, 2.05) is 4.90 Å². The fourth-order valence-corrected chi connectivity index (χ4v) is 10.3. The van der Waals surface area contributed by atoms with Gasteiger partial charge in [-0.15, -0.1) is 24.9 Å². The Bertz CT molecular complexity index is 988. The summed E-state index contributed by atoms with van der Waals surface area (Å²) >= 11 is 1.64. The third-order valence-electron chi connectivity index (χ3n) is 8.87. The van der Waals surface area contributed by atoms with Crippen LogP contribution in [0.2, 0.25) is 0 Å². The van der Waals surface area contributed by atoms with Gasteiger partial charge in [-0.1, -0.05) is 53.7 Å². The topological polar surface area (TPSA) is 87.2 Å². The quantitative estimate of drug-likeness (QED) is 0.187. The largest absolute Gasteiger partial charge is 0.465 e. The summed E-state index contributed by atoms with van der Waals surface area (Å²) in [6.45, 7) is 24.9. The van der Waals surface area contributed by atoms with Crippen LogP contribution in [0.1, 0.15) is 81.1 Å². The molecule has 3 fully saturated rings. The Labute approximate surface area is 246 Å². The third kappa shape index (κ3) is 5.90. The maximum atomic E-state index is 15.0. The van der Waals surface area contributed by atoms with Crippen LogP contribution in [-0.4, -0.2) is 80.1 Å². The van der Waals surface area contributed by atoms with Gasteiger partial charge in [0, 0.05) is 17.3 Å². The molecule has 3 aliphatic heterocycles. The molecule has 2 amide bonds. The Morgan fingerprint density at radius 3 is 2.40 bits per heavy atom. The van der Waals surface area contributed by atoms with Crippen LogP contribution in [0.15, 0.2) is 25.3 Å². The van der Waals surface area contributed by atoms with Crippen LogP contribution in [0.4, 0.5) is 0 Å². The van der Waals surface area contributed by atoms with E-state index < -0.39 is 34.2 Å². The summed E-state index contributed by atoms with van der Waals surface area (Å²) < 4.78 is 4.87. The minimum Gasteiger partial charge on any atom is -0.465 e. The predicted octanol–water partition coefficient (Wildman–Crippen LogP) is 5.08. The number of likely N-dealkylation sites (tertiary alicyclic amines) is 1. The number of fused-ring (bicyclic) bond motifs is 1. The van der Waals surface area contributed by atoms with Gasteiger partial charge in [-0.25, -0.2) is 0 Å². The summed E-state index contributed by atoms with van der Waals surface area (Å²) in [7, 11) is 0. The number of rotatable bonds is 13. The molecule has 0 aromatic rings. The zero-order valence-electron chi connectivity index (χ0n) is 25.9. The number of carbonyl (C=O) groups excluding carboxylic acids is 3. The van der Waals surface area contributed by atoms with Crippen molar-refractivity contribution in [2.75, 3.05) is 19.8 Å². The summed E-state index contributed by atoms with van der Waals surface area (Å²) in [5.74, 6) is -1.68. The Kier molecular flexibility index (Phi) is 9.98. The number of ether oxygens (including phenoxy) is 1. The van der Waals surface area contributed by atoms with Crippen molar-refractivity contribution >= 4 is 29.5 Å². The van der Waals surface area contributed by atoms with Crippen molar-refractivity contribution in [3.05, 3.63) is 25.3 Å².